The van der Waals surface area contributed by atoms with Gasteiger partial charge in [0.2, 0.25) is 0 Å². The summed E-state index contributed by atoms with van der Waals surface area (Å²) in [4.78, 5) is 11.9. The zero-order valence-corrected chi connectivity index (χ0v) is 18.2. The van der Waals surface area contributed by atoms with Gasteiger partial charge in [-0.1, -0.05) is 31.9 Å². The Hall–Kier alpha value is -1.38. The Bertz CT molecular complexity index is 815. The highest BCUT2D eigenvalue weighted by atomic mass is 79.9. The number of hydrazone groups is 1. The van der Waals surface area contributed by atoms with Crippen LogP contribution in [-0.2, 0) is 4.79 Å². The van der Waals surface area contributed by atoms with E-state index in [1.165, 1.54) is 6.21 Å². The molecule has 132 valence electrons. The first-order chi connectivity index (χ1) is 11.8. The van der Waals surface area contributed by atoms with E-state index < -0.39 is 5.91 Å². The van der Waals surface area contributed by atoms with E-state index in [1.54, 1.807) is 12.1 Å². The van der Waals surface area contributed by atoms with Gasteiger partial charge in [0, 0.05) is 14.5 Å². The van der Waals surface area contributed by atoms with Gasteiger partial charge in [0.05, 0.1) is 10.7 Å². The third kappa shape index (κ3) is 5.55. The minimum atomic E-state index is -0.397. The van der Waals surface area contributed by atoms with Gasteiger partial charge in [-0.05, 0) is 65.2 Å². The van der Waals surface area contributed by atoms with Crippen molar-refractivity contribution in [2.45, 2.75) is 13.8 Å². The van der Waals surface area contributed by atoms with E-state index in [2.05, 4.69) is 58.3 Å². The van der Waals surface area contributed by atoms with Crippen molar-refractivity contribution in [1.82, 2.24) is 5.43 Å². The lowest BCUT2D eigenvalue weighted by Crippen LogP contribution is -2.25. The summed E-state index contributed by atoms with van der Waals surface area (Å²) in [5, 5.41) is 13.8. The van der Waals surface area contributed by atoms with Crippen molar-refractivity contribution in [2.75, 3.05) is 6.61 Å². The number of carbonyl (C=O) groups is 1. The number of nitrogens with one attached hydrogen (secondary N) is 1. The molecular weight excluding hydrogens is 520 g/mol. The molecule has 0 aliphatic carbocycles. The van der Waals surface area contributed by atoms with Crippen molar-refractivity contribution in [3.63, 3.8) is 0 Å². The van der Waals surface area contributed by atoms with Crippen LogP contribution in [0.1, 0.15) is 16.7 Å². The molecule has 0 spiro atoms. The van der Waals surface area contributed by atoms with Crippen LogP contribution in [0.25, 0.3) is 0 Å². The predicted molar refractivity (Wildman–Crippen MR) is 108 cm³/mol. The van der Waals surface area contributed by atoms with Crippen LogP contribution < -0.4 is 10.2 Å². The Labute approximate surface area is 170 Å². The summed E-state index contributed by atoms with van der Waals surface area (Å²) >= 11 is 9.98. The largest absolute Gasteiger partial charge is 0.506 e. The SMILES string of the molecule is Cc1cc(Br)cc(C)c1OCC(=O)N/N=C/c1cc(Br)cc(Br)c1O. The molecule has 0 bridgehead atoms. The minimum absolute atomic E-state index is 0.0403. The van der Waals surface area contributed by atoms with Gasteiger partial charge in [-0.3, -0.25) is 4.79 Å². The highest BCUT2D eigenvalue weighted by Crippen LogP contribution is 2.30. The van der Waals surface area contributed by atoms with Gasteiger partial charge in [0.25, 0.3) is 5.91 Å². The third-order valence-electron chi connectivity index (χ3n) is 3.22. The van der Waals surface area contributed by atoms with Gasteiger partial charge in [-0.25, -0.2) is 5.43 Å². The number of aryl methyl sites for hydroxylation is 2. The maximum Gasteiger partial charge on any atom is 0.277 e. The summed E-state index contributed by atoms with van der Waals surface area (Å²) in [6.07, 6.45) is 1.36. The highest BCUT2D eigenvalue weighted by Gasteiger charge is 2.09. The fraction of sp³-hybridized carbons (Fsp3) is 0.176. The second kappa shape index (κ2) is 8.82. The lowest BCUT2D eigenvalue weighted by Gasteiger charge is -2.11. The van der Waals surface area contributed by atoms with E-state index in [4.69, 9.17) is 4.74 Å². The number of phenolic OH excluding ortho intramolecular Hbond substituents is 1. The number of nitrogens with zero attached hydrogens (tertiary/aromatic N) is 1. The molecule has 2 N–H and O–H groups in total. The topological polar surface area (TPSA) is 70.9 Å². The molecule has 2 aromatic rings. The molecule has 2 rings (SSSR count). The number of amides is 1. The van der Waals surface area contributed by atoms with E-state index in [1.807, 2.05) is 26.0 Å². The Morgan fingerprint density at radius 1 is 1.16 bits per heavy atom. The van der Waals surface area contributed by atoms with Crippen molar-refractivity contribution in [1.29, 1.82) is 0 Å². The van der Waals surface area contributed by atoms with Crippen LogP contribution in [0.4, 0.5) is 0 Å². The van der Waals surface area contributed by atoms with E-state index in [9.17, 15) is 9.90 Å². The first-order valence-corrected chi connectivity index (χ1v) is 9.55. The molecule has 25 heavy (non-hydrogen) atoms. The Balaban J connectivity index is 1.96. The molecule has 1 amide bonds. The fourth-order valence-corrected chi connectivity index (χ4v) is 4.10. The van der Waals surface area contributed by atoms with Gasteiger partial charge in [-0.2, -0.15) is 5.10 Å². The fourth-order valence-electron chi connectivity index (χ4n) is 2.15. The first-order valence-electron chi connectivity index (χ1n) is 7.17. The molecule has 5 nitrogen and oxygen atoms in total. The van der Waals surface area contributed by atoms with Gasteiger partial charge in [0.15, 0.2) is 6.61 Å². The van der Waals surface area contributed by atoms with Gasteiger partial charge < -0.3 is 9.84 Å². The normalized spacial score (nSPS) is 10.9. The summed E-state index contributed by atoms with van der Waals surface area (Å²) in [5.41, 5.74) is 4.71. The zero-order valence-electron chi connectivity index (χ0n) is 13.4. The predicted octanol–water partition coefficient (Wildman–Crippen LogP) is 4.83. The Kier molecular flexibility index (Phi) is 7.04. The quantitative estimate of drug-likeness (QED) is 0.426. The minimum Gasteiger partial charge on any atom is -0.506 e. The second-order valence-corrected chi connectivity index (χ2v) is 7.96. The molecule has 0 fully saturated rings. The molecule has 0 saturated carbocycles. The number of benzene rings is 2. The van der Waals surface area contributed by atoms with Crippen LogP contribution in [0.15, 0.2) is 42.8 Å². The number of carbonyl (C=O) groups excluding carboxylic acids is 1. The molecule has 2 aromatic carbocycles. The molecule has 0 unspecified atom stereocenters. The molecular formula is C17H15Br3N2O3. The lowest BCUT2D eigenvalue weighted by molar-refractivity contribution is -0.123. The number of hydrogen-bond donors (Lipinski definition) is 2. The second-order valence-electron chi connectivity index (χ2n) is 5.28. The molecule has 8 heteroatoms. The van der Waals surface area contributed by atoms with Crippen LogP contribution in [-0.4, -0.2) is 23.8 Å². The Morgan fingerprint density at radius 2 is 1.76 bits per heavy atom. The number of ether oxygens (including phenoxy) is 1. The molecule has 0 saturated heterocycles. The third-order valence-corrected chi connectivity index (χ3v) is 4.74. The molecule has 0 atom stereocenters. The first kappa shape index (κ1) is 19.9. The smallest absolute Gasteiger partial charge is 0.277 e. The summed E-state index contributed by atoms with van der Waals surface area (Å²) in [6, 6.07) is 7.24. The average Bonchev–Trinajstić information content (AvgIpc) is 2.50. The molecule has 0 aliphatic heterocycles. The summed E-state index contributed by atoms with van der Waals surface area (Å²) in [5.74, 6) is 0.320. The highest BCUT2D eigenvalue weighted by molar-refractivity contribution is 9.11. The molecule has 0 heterocycles. The van der Waals surface area contributed by atoms with E-state index >= 15 is 0 Å². The molecule has 0 aliphatic rings. The summed E-state index contributed by atoms with van der Waals surface area (Å²) in [6.45, 7) is 3.67. The van der Waals surface area contributed by atoms with E-state index in [0.29, 0.717) is 15.8 Å². The number of aromatic hydroxyl groups is 1. The van der Waals surface area contributed by atoms with Crippen LogP contribution in [0.3, 0.4) is 0 Å². The number of rotatable bonds is 5. The number of phenols is 1. The van der Waals surface area contributed by atoms with E-state index in [0.717, 1.165) is 20.1 Å². The van der Waals surface area contributed by atoms with Crippen molar-refractivity contribution in [3.05, 3.63) is 54.4 Å². The lowest BCUT2D eigenvalue weighted by atomic mass is 10.1. The van der Waals surface area contributed by atoms with E-state index in [-0.39, 0.29) is 12.4 Å². The zero-order chi connectivity index (χ0) is 18.6. The van der Waals surface area contributed by atoms with Crippen molar-refractivity contribution >= 4 is 59.9 Å². The maximum absolute atomic E-state index is 11.9. The average molecular weight is 535 g/mol. The standard InChI is InChI=1S/C17H15Br3N2O3/c1-9-3-12(18)4-10(2)17(9)25-8-15(23)22-21-7-11-5-13(19)6-14(20)16(11)24/h3-7,24H,8H2,1-2H3,(H,22,23)/b21-7+. The van der Waals surface area contributed by atoms with Crippen LogP contribution in [0.2, 0.25) is 0 Å². The molecule has 0 radical (unpaired) electrons. The summed E-state index contributed by atoms with van der Waals surface area (Å²) < 4.78 is 7.84. The van der Waals surface area contributed by atoms with Crippen LogP contribution in [0, 0.1) is 13.8 Å². The number of halogens is 3. The van der Waals surface area contributed by atoms with Crippen molar-refractivity contribution < 1.29 is 14.6 Å². The van der Waals surface area contributed by atoms with Crippen molar-refractivity contribution in [3.8, 4) is 11.5 Å². The summed E-state index contributed by atoms with van der Waals surface area (Å²) in [7, 11) is 0. The molecule has 0 aromatic heterocycles. The van der Waals surface area contributed by atoms with Crippen molar-refractivity contribution in [2.24, 2.45) is 5.10 Å². The van der Waals surface area contributed by atoms with Gasteiger partial charge in [-0.15, -0.1) is 0 Å². The van der Waals surface area contributed by atoms with Gasteiger partial charge >= 0.3 is 0 Å². The van der Waals surface area contributed by atoms with Crippen LogP contribution in [0.5, 0.6) is 11.5 Å². The van der Waals surface area contributed by atoms with Gasteiger partial charge in [0.1, 0.15) is 11.5 Å². The number of hydrogen-bond acceptors (Lipinski definition) is 4. The monoisotopic (exact) mass is 532 g/mol. The maximum atomic E-state index is 11.9. The Morgan fingerprint density at radius 3 is 2.40 bits per heavy atom. The van der Waals surface area contributed by atoms with Crippen LogP contribution >= 0.6 is 47.8 Å².